The van der Waals surface area contributed by atoms with Gasteiger partial charge in [0, 0.05) is 25.9 Å². The van der Waals surface area contributed by atoms with E-state index in [1.807, 2.05) is 18.2 Å². The first-order chi connectivity index (χ1) is 8.88. The van der Waals surface area contributed by atoms with Crippen molar-refractivity contribution in [1.29, 1.82) is 0 Å². The van der Waals surface area contributed by atoms with E-state index in [0.717, 1.165) is 24.9 Å². The Hall–Kier alpha value is -1.11. The van der Waals surface area contributed by atoms with Crippen molar-refractivity contribution >= 4 is 28.2 Å². The topological polar surface area (TPSA) is 75.3 Å². The van der Waals surface area contributed by atoms with Crippen molar-refractivity contribution in [3.05, 3.63) is 34.9 Å². The maximum Gasteiger partial charge on any atom is 0.238 e. The minimum absolute atomic E-state index is 0. The molecule has 1 aromatic rings. The monoisotopic (exact) mass is 318 g/mol. The van der Waals surface area contributed by atoms with Crippen molar-refractivity contribution < 1.29 is 13.2 Å². The molecule has 5 nitrogen and oxygen atoms in total. The van der Waals surface area contributed by atoms with E-state index >= 15 is 0 Å². The van der Waals surface area contributed by atoms with Crippen molar-refractivity contribution in [2.24, 2.45) is 0 Å². The number of carbonyl (C=O) groups is 1. The maximum absolute atomic E-state index is 11.7. The third-order valence-electron chi connectivity index (χ3n) is 3.38. The van der Waals surface area contributed by atoms with Gasteiger partial charge in [-0.25, -0.2) is 8.42 Å². The van der Waals surface area contributed by atoms with Gasteiger partial charge in [-0.3, -0.25) is 4.79 Å². The summed E-state index contributed by atoms with van der Waals surface area (Å²) in [7, 11) is -3.34. The van der Waals surface area contributed by atoms with Crippen molar-refractivity contribution in [2.75, 3.05) is 6.26 Å². The van der Waals surface area contributed by atoms with E-state index in [4.69, 9.17) is 0 Å². The summed E-state index contributed by atoms with van der Waals surface area (Å²) in [6.45, 7) is 3.48. The summed E-state index contributed by atoms with van der Waals surface area (Å²) in [4.78, 5) is 11.7. The van der Waals surface area contributed by atoms with Gasteiger partial charge >= 0.3 is 0 Å². The van der Waals surface area contributed by atoms with E-state index in [2.05, 4.69) is 10.6 Å². The number of hydrogen-bond donors (Lipinski definition) is 2. The van der Waals surface area contributed by atoms with Gasteiger partial charge in [0.1, 0.15) is 5.25 Å². The van der Waals surface area contributed by atoms with E-state index in [-0.39, 0.29) is 12.4 Å². The lowest BCUT2D eigenvalue weighted by Gasteiger charge is -2.11. The van der Waals surface area contributed by atoms with Gasteiger partial charge in [0.2, 0.25) is 5.91 Å². The minimum atomic E-state index is -3.34. The summed E-state index contributed by atoms with van der Waals surface area (Å²) in [5.74, 6) is -0.457. The van der Waals surface area contributed by atoms with E-state index in [9.17, 15) is 13.2 Å². The Balaban J connectivity index is 0.00000200. The molecule has 0 radical (unpaired) electrons. The van der Waals surface area contributed by atoms with Gasteiger partial charge in [0.25, 0.3) is 0 Å². The van der Waals surface area contributed by atoms with Crippen LogP contribution >= 0.6 is 12.4 Å². The summed E-state index contributed by atoms with van der Waals surface area (Å²) in [5, 5.41) is 4.90. The van der Waals surface area contributed by atoms with Crippen molar-refractivity contribution in [3.63, 3.8) is 0 Å². The number of sulfone groups is 1. The highest BCUT2D eigenvalue weighted by Gasteiger charge is 2.23. The Morgan fingerprint density at radius 3 is 2.65 bits per heavy atom. The van der Waals surface area contributed by atoms with Crippen molar-refractivity contribution in [3.8, 4) is 0 Å². The zero-order chi connectivity index (χ0) is 14.0. The number of hydrogen-bond acceptors (Lipinski definition) is 4. The normalized spacial score (nSPS) is 15.1. The van der Waals surface area contributed by atoms with E-state index in [1.165, 1.54) is 18.1 Å². The fraction of sp³-hybridized carbons (Fsp3) is 0.462. The smallest absolute Gasteiger partial charge is 0.238 e. The molecule has 1 aliphatic heterocycles. The second-order valence-electron chi connectivity index (χ2n) is 4.90. The van der Waals surface area contributed by atoms with Crippen LogP contribution in [0.5, 0.6) is 0 Å². The number of carbonyl (C=O) groups excluding carboxylic acids is 1. The molecule has 2 N–H and O–H groups in total. The largest absolute Gasteiger partial charge is 0.351 e. The van der Waals surface area contributed by atoms with Crippen LogP contribution in [0.1, 0.15) is 23.6 Å². The lowest BCUT2D eigenvalue weighted by atomic mass is 10.1. The zero-order valence-corrected chi connectivity index (χ0v) is 13.1. The number of amides is 1. The summed E-state index contributed by atoms with van der Waals surface area (Å²) in [6, 6.07) is 6.04. The first kappa shape index (κ1) is 16.9. The van der Waals surface area contributed by atoms with Crippen LogP contribution in [0.4, 0.5) is 0 Å². The first-order valence-corrected chi connectivity index (χ1v) is 8.11. The van der Waals surface area contributed by atoms with Gasteiger partial charge < -0.3 is 10.6 Å². The third-order valence-corrected chi connectivity index (χ3v) is 4.88. The van der Waals surface area contributed by atoms with Gasteiger partial charge in [0.15, 0.2) is 9.84 Å². The Morgan fingerprint density at radius 1 is 1.35 bits per heavy atom. The van der Waals surface area contributed by atoms with Crippen LogP contribution in [0.25, 0.3) is 0 Å². The molecule has 0 aromatic heterocycles. The molecule has 0 spiro atoms. The molecule has 7 heteroatoms. The van der Waals surface area contributed by atoms with E-state index in [1.54, 1.807) is 0 Å². The van der Waals surface area contributed by atoms with Gasteiger partial charge in [-0.15, -0.1) is 12.4 Å². The first-order valence-electron chi connectivity index (χ1n) is 6.16. The number of halogens is 1. The predicted molar refractivity (Wildman–Crippen MR) is 80.4 cm³/mol. The average molecular weight is 319 g/mol. The van der Waals surface area contributed by atoms with Crippen LogP contribution < -0.4 is 10.6 Å². The van der Waals surface area contributed by atoms with Crippen LogP contribution in [0, 0.1) is 0 Å². The van der Waals surface area contributed by atoms with E-state index in [0.29, 0.717) is 6.54 Å². The molecule has 1 aromatic carbocycles. The van der Waals surface area contributed by atoms with Crippen LogP contribution in [0.2, 0.25) is 0 Å². The average Bonchev–Trinajstić information content (AvgIpc) is 2.81. The Morgan fingerprint density at radius 2 is 2.00 bits per heavy atom. The molecule has 0 fully saturated rings. The fourth-order valence-electron chi connectivity index (χ4n) is 1.99. The van der Waals surface area contributed by atoms with Gasteiger partial charge in [-0.2, -0.15) is 0 Å². The van der Waals surface area contributed by atoms with Crippen LogP contribution in [0.15, 0.2) is 18.2 Å². The Kier molecular flexibility index (Phi) is 5.56. The molecule has 2 rings (SSSR count). The molecule has 1 atom stereocenters. The lowest BCUT2D eigenvalue weighted by molar-refractivity contribution is -0.120. The predicted octanol–water partition coefficient (Wildman–Crippen LogP) is 0.761. The van der Waals surface area contributed by atoms with Crippen molar-refractivity contribution in [1.82, 2.24) is 10.6 Å². The molecule has 0 saturated carbocycles. The fourth-order valence-corrected chi connectivity index (χ4v) is 2.46. The highest BCUT2D eigenvalue weighted by Crippen LogP contribution is 2.16. The molecule has 0 bridgehead atoms. The Labute approximate surface area is 125 Å². The molecule has 1 heterocycles. The number of fused-ring (bicyclic) bond motifs is 1. The van der Waals surface area contributed by atoms with E-state index < -0.39 is 21.0 Å². The number of nitrogens with one attached hydrogen (secondary N) is 2. The minimum Gasteiger partial charge on any atom is -0.351 e. The molecule has 20 heavy (non-hydrogen) atoms. The summed E-state index contributed by atoms with van der Waals surface area (Å²) in [6.07, 6.45) is 1.07. The SMILES string of the molecule is CC(C(=O)NCc1ccc2c(c1)CNC2)S(C)(=O)=O.Cl. The van der Waals surface area contributed by atoms with Gasteiger partial charge in [-0.1, -0.05) is 18.2 Å². The summed E-state index contributed by atoms with van der Waals surface area (Å²) in [5.41, 5.74) is 3.50. The van der Waals surface area contributed by atoms with Gasteiger partial charge in [-0.05, 0) is 23.6 Å². The van der Waals surface area contributed by atoms with Crippen LogP contribution in [0.3, 0.4) is 0 Å². The molecule has 0 aliphatic carbocycles. The van der Waals surface area contributed by atoms with Crippen molar-refractivity contribution in [2.45, 2.75) is 31.8 Å². The highest BCUT2D eigenvalue weighted by molar-refractivity contribution is 7.92. The third kappa shape index (κ3) is 3.94. The number of benzene rings is 1. The van der Waals surface area contributed by atoms with Crippen LogP contribution in [-0.4, -0.2) is 25.8 Å². The standard InChI is InChI=1S/C13H18N2O3S.ClH/c1-9(19(2,17)18)13(16)15-6-10-3-4-11-7-14-8-12(11)5-10;/h3-5,9,14H,6-8H2,1-2H3,(H,15,16);1H. The maximum atomic E-state index is 11.7. The summed E-state index contributed by atoms with van der Waals surface area (Å²) < 4.78 is 22.5. The highest BCUT2D eigenvalue weighted by atomic mass is 35.5. The van der Waals surface area contributed by atoms with Gasteiger partial charge in [0.05, 0.1) is 0 Å². The zero-order valence-electron chi connectivity index (χ0n) is 11.5. The molecule has 1 amide bonds. The molecule has 112 valence electrons. The molecular weight excluding hydrogens is 300 g/mol. The second-order valence-corrected chi connectivity index (χ2v) is 7.26. The molecule has 1 unspecified atom stereocenters. The molecule has 1 aliphatic rings. The Bertz CT molecular complexity index is 602. The second kappa shape index (κ2) is 6.56. The van der Waals surface area contributed by atoms with Crippen LogP contribution in [-0.2, 0) is 34.3 Å². The number of rotatable bonds is 4. The molecule has 0 saturated heterocycles. The summed E-state index contributed by atoms with van der Waals surface area (Å²) >= 11 is 0. The quantitative estimate of drug-likeness (QED) is 0.859. The lowest BCUT2D eigenvalue weighted by Crippen LogP contribution is -2.37. The molecular formula is C13H19ClN2O3S.